The highest BCUT2D eigenvalue weighted by molar-refractivity contribution is 9.10. The zero-order valence-corrected chi connectivity index (χ0v) is 16.8. The fourth-order valence-electron chi connectivity index (χ4n) is 2.93. The third-order valence-corrected chi connectivity index (χ3v) is 5.04. The Labute approximate surface area is 170 Å². The summed E-state index contributed by atoms with van der Waals surface area (Å²) >= 11 is 6.86. The highest BCUT2D eigenvalue weighted by Gasteiger charge is 2.27. The number of hydrogen-bond donors (Lipinski definition) is 1. The summed E-state index contributed by atoms with van der Waals surface area (Å²) in [5, 5.41) is 7.47. The number of alkyl halides is 2. The molecular formula is C18H12Br2F2N4O. The van der Waals surface area contributed by atoms with E-state index < -0.39 is 12.7 Å². The van der Waals surface area contributed by atoms with E-state index in [-0.39, 0.29) is 5.75 Å². The Bertz CT molecular complexity index is 1020. The van der Waals surface area contributed by atoms with Gasteiger partial charge < -0.3 is 10.1 Å². The highest BCUT2D eigenvalue weighted by atomic mass is 79.9. The molecule has 0 spiro atoms. The first-order valence-corrected chi connectivity index (χ1v) is 9.48. The SMILES string of the molecule is FC(F)Oc1ccc(Br)cc1[C@@H]1C=C(c2cccc(Br)c2)Nc2ncnn21. The number of rotatable bonds is 4. The van der Waals surface area contributed by atoms with E-state index in [0.717, 1.165) is 20.2 Å². The van der Waals surface area contributed by atoms with Gasteiger partial charge in [0.1, 0.15) is 18.1 Å². The van der Waals surface area contributed by atoms with E-state index in [1.165, 1.54) is 12.4 Å². The van der Waals surface area contributed by atoms with E-state index in [1.54, 1.807) is 16.8 Å². The van der Waals surface area contributed by atoms with Crippen LogP contribution in [0.4, 0.5) is 14.7 Å². The number of ether oxygens (including phenoxy) is 1. The summed E-state index contributed by atoms with van der Waals surface area (Å²) in [6, 6.07) is 12.2. The molecule has 27 heavy (non-hydrogen) atoms. The Morgan fingerprint density at radius 1 is 1.11 bits per heavy atom. The summed E-state index contributed by atoms with van der Waals surface area (Å²) < 4.78 is 33.8. The molecule has 9 heteroatoms. The van der Waals surface area contributed by atoms with Gasteiger partial charge in [0.15, 0.2) is 0 Å². The summed E-state index contributed by atoms with van der Waals surface area (Å²) in [5.41, 5.74) is 2.27. The molecule has 1 aliphatic rings. The smallest absolute Gasteiger partial charge is 0.387 e. The van der Waals surface area contributed by atoms with Gasteiger partial charge in [-0.25, -0.2) is 4.68 Å². The van der Waals surface area contributed by atoms with Gasteiger partial charge in [-0.05, 0) is 42.0 Å². The predicted octanol–water partition coefficient (Wildman–Crippen LogP) is 5.46. The zero-order chi connectivity index (χ0) is 19.0. The molecule has 2 aromatic carbocycles. The standard InChI is InChI=1S/C18H12Br2F2N4O/c19-11-3-1-2-10(6-11)14-8-15(26-18(25-14)23-9-24-26)13-7-12(20)4-5-16(13)27-17(21)22/h1-9,15,17H,(H,23,24,25)/t15-/m0/s1. The van der Waals surface area contributed by atoms with Crippen molar-refractivity contribution in [1.29, 1.82) is 0 Å². The van der Waals surface area contributed by atoms with Crippen LogP contribution in [0.5, 0.6) is 5.75 Å². The maximum Gasteiger partial charge on any atom is 0.387 e. The molecule has 0 saturated carbocycles. The minimum Gasteiger partial charge on any atom is -0.434 e. The molecule has 0 saturated heterocycles. The number of anilines is 1. The van der Waals surface area contributed by atoms with Crippen molar-refractivity contribution in [3.63, 3.8) is 0 Å². The maximum absolute atomic E-state index is 12.9. The molecule has 0 amide bonds. The van der Waals surface area contributed by atoms with Crippen LogP contribution in [0, 0.1) is 0 Å². The number of allylic oxidation sites excluding steroid dienone is 1. The van der Waals surface area contributed by atoms with Crippen molar-refractivity contribution < 1.29 is 13.5 Å². The van der Waals surface area contributed by atoms with Crippen LogP contribution in [0.1, 0.15) is 17.2 Å². The second-order valence-corrected chi connectivity index (χ2v) is 7.58. The number of fused-ring (bicyclic) bond motifs is 1. The van der Waals surface area contributed by atoms with Gasteiger partial charge in [-0.15, -0.1) is 0 Å². The van der Waals surface area contributed by atoms with E-state index in [2.05, 4.69) is 47.3 Å². The molecule has 2 heterocycles. The summed E-state index contributed by atoms with van der Waals surface area (Å²) in [6.45, 7) is -2.92. The van der Waals surface area contributed by atoms with Gasteiger partial charge in [0.05, 0.1) is 0 Å². The third kappa shape index (κ3) is 3.74. The quantitative estimate of drug-likeness (QED) is 0.520. The highest BCUT2D eigenvalue weighted by Crippen LogP contribution is 2.38. The van der Waals surface area contributed by atoms with Crippen LogP contribution in [0.15, 0.2) is 63.8 Å². The van der Waals surface area contributed by atoms with E-state index >= 15 is 0 Å². The molecule has 1 N–H and O–H groups in total. The van der Waals surface area contributed by atoms with Crippen molar-refractivity contribution in [2.24, 2.45) is 0 Å². The minimum atomic E-state index is -2.92. The normalized spacial score (nSPS) is 15.9. The van der Waals surface area contributed by atoms with Gasteiger partial charge in [-0.2, -0.15) is 18.9 Å². The summed E-state index contributed by atoms with van der Waals surface area (Å²) in [4.78, 5) is 4.23. The van der Waals surface area contributed by atoms with Crippen LogP contribution in [0.3, 0.4) is 0 Å². The number of hydrogen-bond acceptors (Lipinski definition) is 4. The lowest BCUT2D eigenvalue weighted by molar-refractivity contribution is -0.0506. The van der Waals surface area contributed by atoms with Gasteiger partial charge in [-0.1, -0.05) is 44.0 Å². The monoisotopic (exact) mass is 496 g/mol. The first kappa shape index (κ1) is 18.1. The van der Waals surface area contributed by atoms with Crippen LogP contribution in [-0.2, 0) is 0 Å². The number of nitrogens with zero attached hydrogens (tertiary/aromatic N) is 3. The Kier molecular flexibility index (Phi) is 4.96. The number of nitrogens with one attached hydrogen (secondary N) is 1. The second kappa shape index (κ2) is 7.40. The molecule has 138 valence electrons. The van der Waals surface area contributed by atoms with Gasteiger partial charge in [0.25, 0.3) is 0 Å². The van der Waals surface area contributed by atoms with Gasteiger partial charge >= 0.3 is 6.61 Å². The molecule has 0 bridgehead atoms. The Balaban J connectivity index is 1.85. The van der Waals surface area contributed by atoms with Crippen LogP contribution in [-0.4, -0.2) is 21.4 Å². The van der Waals surface area contributed by atoms with Crippen molar-refractivity contribution in [2.45, 2.75) is 12.7 Å². The second-order valence-electron chi connectivity index (χ2n) is 5.75. The third-order valence-electron chi connectivity index (χ3n) is 4.05. The average Bonchev–Trinajstić information content (AvgIpc) is 3.11. The van der Waals surface area contributed by atoms with Crippen molar-refractivity contribution in [3.05, 3.63) is 74.9 Å². The Morgan fingerprint density at radius 3 is 2.70 bits per heavy atom. The van der Waals surface area contributed by atoms with Crippen molar-refractivity contribution in [3.8, 4) is 5.75 Å². The van der Waals surface area contributed by atoms with E-state index in [9.17, 15) is 8.78 Å². The molecule has 3 aromatic rings. The van der Waals surface area contributed by atoms with Crippen molar-refractivity contribution in [2.75, 3.05) is 5.32 Å². The molecule has 0 radical (unpaired) electrons. The topological polar surface area (TPSA) is 52.0 Å². The zero-order valence-electron chi connectivity index (χ0n) is 13.6. The van der Waals surface area contributed by atoms with Crippen LogP contribution in [0.25, 0.3) is 5.70 Å². The molecule has 0 fully saturated rings. The van der Waals surface area contributed by atoms with Crippen molar-refractivity contribution in [1.82, 2.24) is 14.8 Å². The molecule has 5 nitrogen and oxygen atoms in total. The van der Waals surface area contributed by atoms with Crippen LogP contribution >= 0.6 is 31.9 Å². The number of benzene rings is 2. The molecular weight excluding hydrogens is 486 g/mol. The van der Waals surface area contributed by atoms with E-state index in [4.69, 9.17) is 4.74 Å². The molecule has 1 aromatic heterocycles. The Morgan fingerprint density at radius 2 is 1.93 bits per heavy atom. The van der Waals surface area contributed by atoms with Gasteiger partial charge in [0.2, 0.25) is 5.95 Å². The fraction of sp³-hybridized carbons (Fsp3) is 0.111. The first-order valence-electron chi connectivity index (χ1n) is 7.90. The molecule has 0 aliphatic carbocycles. The lowest BCUT2D eigenvalue weighted by atomic mass is 10.0. The van der Waals surface area contributed by atoms with Crippen LogP contribution in [0.2, 0.25) is 0 Å². The lowest BCUT2D eigenvalue weighted by Gasteiger charge is -2.26. The predicted molar refractivity (Wildman–Crippen MR) is 105 cm³/mol. The van der Waals surface area contributed by atoms with Crippen molar-refractivity contribution >= 4 is 43.5 Å². The first-order chi connectivity index (χ1) is 13.0. The number of halogens is 4. The molecule has 4 rings (SSSR count). The summed E-state index contributed by atoms with van der Waals surface area (Å²) in [7, 11) is 0. The molecule has 1 aliphatic heterocycles. The average molecular weight is 498 g/mol. The van der Waals surface area contributed by atoms with E-state index in [1.807, 2.05) is 30.3 Å². The maximum atomic E-state index is 12.9. The number of aromatic nitrogens is 3. The summed E-state index contributed by atoms with van der Waals surface area (Å²) in [6.07, 6.45) is 3.32. The van der Waals surface area contributed by atoms with E-state index in [0.29, 0.717) is 11.5 Å². The van der Waals surface area contributed by atoms with Gasteiger partial charge in [0, 0.05) is 20.2 Å². The largest absolute Gasteiger partial charge is 0.434 e. The van der Waals surface area contributed by atoms with Gasteiger partial charge in [-0.3, -0.25) is 0 Å². The molecule has 1 atom stereocenters. The van der Waals surface area contributed by atoms with Crippen LogP contribution < -0.4 is 10.1 Å². The fourth-order valence-corrected chi connectivity index (χ4v) is 3.71. The summed E-state index contributed by atoms with van der Waals surface area (Å²) in [5.74, 6) is 0.604. The minimum absolute atomic E-state index is 0.0893. The lowest BCUT2D eigenvalue weighted by Crippen LogP contribution is -2.21. The molecule has 0 unspecified atom stereocenters. The Hall–Kier alpha value is -2.26.